The van der Waals surface area contributed by atoms with Gasteiger partial charge >= 0.3 is 0 Å². The summed E-state index contributed by atoms with van der Waals surface area (Å²) < 4.78 is 11.0. The minimum atomic E-state index is -0.283. The Hall–Kier alpha value is -3.36. The van der Waals surface area contributed by atoms with Gasteiger partial charge in [0.15, 0.2) is 11.5 Å². The molecule has 0 atom stereocenters. The van der Waals surface area contributed by atoms with E-state index in [2.05, 4.69) is 30.4 Å². The average Bonchev–Trinajstić information content (AvgIpc) is 3.46. The molecule has 146 valence electrons. The summed E-state index contributed by atoms with van der Waals surface area (Å²) in [6.07, 6.45) is 3.93. The van der Waals surface area contributed by atoms with Crippen molar-refractivity contribution >= 4 is 11.7 Å². The number of hydrogen-bond acceptors (Lipinski definition) is 7. The van der Waals surface area contributed by atoms with Gasteiger partial charge in [0, 0.05) is 25.2 Å². The van der Waals surface area contributed by atoms with E-state index in [1.54, 1.807) is 24.5 Å². The molecule has 4 rings (SSSR count). The van der Waals surface area contributed by atoms with Crippen molar-refractivity contribution in [1.82, 2.24) is 25.5 Å². The van der Waals surface area contributed by atoms with Crippen LogP contribution >= 0.6 is 0 Å². The number of nitrogens with zero attached hydrogens (tertiary/aromatic N) is 4. The van der Waals surface area contributed by atoms with Gasteiger partial charge in [0.1, 0.15) is 23.9 Å². The van der Waals surface area contributed by atoms with Crippen molar-refractivity contribution < 1.29 is 13.9 Å². The van der Waals surface area contributed by atoms with Crippen molar-refractivity contribution in [2.45, 2.75) is 19.8 Å². The molecule has 0 bridgehead atoms. The van der Waals surface area contributed by atoms with Crippen LogP contribution in [0, 0.1) is 6.92 Å². The van der Waals surface area contributed by atoms with E-state index < -0.39 is 0 Å². The van der Waals surface area contributed by atoms with E-state index in [1.165, 1.54) is 12.8 Å². The molecule has 1 amide bonds. The van der Waals surface area contributed by atoms with Crippen LogP contribution in [0.15, 0.2) is 34.9 Å². The van der Waals surface area contributed by atoms with Crippen molar-refractivity contribution in [2.24, 2.45) is 0 Å². The number of amides is 1. The molecular formula is C19H22N6O3. The molecular weight excluding hydrogens is 360 g/mol. The Kier molecular flexibility index (Phi) is 5.22. The second-order valence-electron chi connectivity index (χ2n) is 6.55. The predicted octanol–water partition coefficient (Wildman–Crippen LogP) is 2.18. The maximum Gasteiger partial charge on any atom is 0.271 e. The Morgan fingerprint density at radius 1 is 1.32 bits per heavy atom. The van der Waals surface area contributed by atoms with Crippen LogP contribution in [0.3, 0.4) is 0 Å². The van der Waals surface area contributed by atoms with Gasteiger partial charge < -0.3 is 19.4 Å². The Balaban J connectivity index is 1.28. The number of furan rings is 1. The van der Waals surface area contributed by atoms with Gasteiger partial charge in [-0.1, -0.05) is 0 Å². The zero-order chi connectivity index (χ0) is 19.3. The molecule has 0 aliphatic carbocycles. The van der Waals surface area contributed by atoms with Gasteiger partial charge in [-0.25, -0.2) is 4.98 Å². The lowest BCUT2D eigenvalue weighted by atomic mass is 10.3. The molecule has 2 N–H and O–H groups in total. The van der Waals surface area contributed by atoms with Gasteiger partial charge in [-0.2, -0.15) is 10.1 Å². The van der Waals surface area contributed by atoms with Crippen molar-refractivity contribution in [3.8, 4) is 17.3 Å². The SMILES string of the molecule is Cc1nc(OCCNC(=O)c2cc(-c3ccco3)[nH]n2)cc(N2CCCC2)n1. The molecule has 1 fully saturated rings. The van der Waals surface area contributed by atoms with Crippen molar-refractivity contribution in [2.75, 3.05) is 31.1 Å². The molecule has 0 radical (unpaired) electrons. The van der Waals surface area contributed by atoms with Crippen molar-refractivity contribution in [3.05, 3.63) is 42.0 Å². The van der Waals surface area contributed by atoms with Crippen LogP contribution < -0.4 is 15.0 Å². The largest absolute Gasteiger partial charge is 0.476 e. The monoisotopic (exact) mass is 382 g/mol. The first kappa shape index (κ1) is 18.0. The third-order valence-corrected chi connectivity index (χ3v) is 4.47. The number of hydrogen-bond donors (Lipinski definition) is 2. The first-order valence-electron chi connectivity index (χ1n) is 9.30. The number of carbonyl (C=O) groups is 1. The quantitative estimate of drug-likeness (QED) is 0.603. The molecule has 0 unspecified atom stereocenters. The third kappa shape index (κ3) is 4.13. The predicted molar refractivity (Wildman–Crippen MR) is 102 cm³/mol. The van der Waals surface area contributed by atoms with Crippen LogP contribution in [0.25, 0.3) is 11.5 Å². The minimum Gasteiger partial charge on any atom is -0.476 e. The molecule has 1 saturated heterocycles. The van der Waals surface area contributed by atoms with Gasteiger partial charge in [-0.05, 0) is 31.9 Å². The third-order valence-electron chi connectivity index (χ3n) is 4.47. The van der Waals surface area contributed by atoms with E-state index in [1.807, 2.05) is 13.0 Å². The molecule has 4 heterocycles. The van der Waals surface area contributed by atoms with E-state index >= 15 is 0 Å². The Labute approximate surface area is 162 Å². The number of H-pyrrole nitrogens is 1. The molecule has 9 nitrogen and oxygen atoms in total. The number of anilines is 1. The fourth-order valence-corrected chi connectivity index (χ4v) is 3.11. The van der Waals surface area contributed by atoms with Crippen molar-refractivity contribution in [3.63, 3.8) is 0 Å². The molecule has 9 heteroatoms. The summed E-state index contributed by atoms with van der Waals surface area (Å²) in [5.74, 6) is 2.43. The lowest BCUT2D eigenvalue weighted by Crippen LogP contribution is -2.28. The zero-order valence-corrected chi connectivity index (χ0v) is 15.6. The van der Waals surface area contributed by atoms with Crippen molar-refractivity contribution in [1.29, 1.82) is 0 Å². The highest BCUT2D eigenvalue weighted by Crippen LogP contribution is 2.21. The summed E-state index contributed by atoms with van der Waals surface area (Å²) in [6, 6.07) is 7.06. The van der Waals surface area contributed by atoms with Gasteiger partial charge in [-0.15, -0.1) is 0 Å². The van der Waals surface area contributed by atoms with Crippen LogP contribution in [-0.4, -0.2) is 52.3 Å². The molecule has 3 aromatic rings. The maximum absolute atomic E-state index is 12.2. The van der Waals surface area contributed by atoms with Crippen LogP contribution in [0.5, 0.6) is 5.88 Å². The van der Waals surface area contributed by atoms with E-state index in [0.29, 0.717) is 42.0 Å². The van der Waals surface area contributed by atoms with E-state index in [9.17, 15) is 4.79 Å². The summed E-state index contributed by atoms with van der Waals surface area (Å²) in [5.41, 5.74) is 0.943. The van der Waals surface area contributed by atoms with E-state index in [4.69, 9.17) is 9.15 Å². The number of aromatic nitrogens is 4. The van der Waals surface area contributed by atoms with Crippen LogP contribution in [-0.2, 0) is 0 Å². The normalized spacial score (nSPS) is 13.7. The Bertz CT molecular complexity index is 931. The molecule has 0 saturated carbocycles. The second kappa shape index (κ2) is 8.12. The molecule has 1 aliphatic heterocycles. The molecule has 0 aromatic carbocycles. The molecule has 28 heavy (non-hydrogen) atoms. The van der Waals surface area contributed by atoms with E-state index in [0.717, 1.165) is 18.9 Å². The average molecular weight is 382 g/mol. The summed E-state index contributed by atoms with van der Waals surface area (Å²) in [4.78, 5) is 23.2. The zero-order valence-electron chi connectivity index (χ0n) is 15.6. The fourth-order valence-electron chi connectivity index (χ4n) is 3.11. The second-order valence-corrected chi connectivity index (χ2v) is 6.55. The first-order valence-corrected chi connectivity index (χ1v) is 9.30. The van der Waals surface area contributed by atoms with Gasteiger partial charge in [0.05, 0.1) is 12.8 Å². The maximum atomic E-state index is 12.2. The Morgan fingerprint density at radius 2 is 2.18 bits per heavy atom. The smallest absolute Gasteiger partial charge is 0.271 e. The number of aromatic amines is 1. The summed E-state index contributed by atoms with van der Waals surface area (Å²) in [7, 11) is 0. The van der Waals surface area contributed by atoms with Crippen LogP contribution in [0.4, 0.5) is 5.82 Å². The number of rotatable bonds is 7. The molecule has 3 aromatic heterocycles. The van der Waals surface area contributed by atoms with E-state index in [-0.39, 0.29) is 5.91 Å². The highest BCUT2D eigenvalue weighted by molar-refractivity contribution is 5.93. The number of nitrogens with one attached hydrogen (secondary N) is 2. The fraction of sp³-hybridized carbons (Fsp3) is 0.368. The number of carbonyl (C=O) groups excluding carboxylic acids is 1. The topological polar surface area (TPSA) is 109 Å². The Morgan fingerprint density at radius 3 is 2.96 bits per heavy atom. The summed E-state index contributed by atoms with van der Waals surface area (Å²) in [5, 5.41) is 9.58. The molecule has 1 aliphatic rings. The molecule has 0 spiro atoms. The van der Waals surface area contributed by atoms with Gasteiger partial charge in [0.2, 0.25) is 5.88 Å². The van der Waals surface area contributed by atoms with Gasteiger partial charge in [-0.3, -0.25) is 9.89 Å². The first-order chi connectivity index (χ1) is 13.7. The number of ether oxygens (including phenoxy) is 1. The summed E-state index contributed by atoms with van der Waals surface area (Å²) in [6.45, 7) is 4.51. The van der Waals surface area contributed by atoms with Crippen LogP contribution in [0.1, 0.15) is 29.2 Å². The lowest BCUT2D eigenvalue weighted by molar-refractivity contribution is 0.0941. The number of aryl methyl sites for hydroxylation is 1. The minimum absolute atomic E-state index is 0.283. The summed E-state index contributed by atoms with van der Waals surface area (Å²) >= 11 is 0. The lowest BCUT2D eigenvalue weighted by Gasteiger charge is -2.17. The standard InChI is InChI=1S/C19H22N6O3/c1-13-21-17(25-7-2-3-8-25)12-18(22-13)28-10-6-20-19(26)15-11-14(23-24-15)16-5-4-9-27-16/h4-5,9,11-12H,2-3,6-8,10H2,1H3,(H,20,26)(H,23,24). The van der Waals surface area contributed by atoms with Crippen LogP contribution in [0.2, 0.25) is 0 Å². The highest BCUT2D eigenvalue weighted by Gasteiger charge is 2.16. The highest BCUT2D eigenvalue weighted by atomic mass is 16.5. The van der Waals surface area contributed by atoms with Gasteiger partial charge in [0.25, 0.3) is 5.91 Å².